The van der Waals surface area contributed by atoms with E-state index >= 15 is 0 Å². The minimum atomic E-state index is -3.67. The SMILES string of the molecule is CC(C)S(=O)(=O)N[C@H]1CC[C@H](CNc2ccc(S(N)(=O)=O)cc2)CC1. The van der Waals surface area contributed by atoms with Gasteiger partial charge in [-0.15, -0.1) is 0 Å². The number of benzene rings is 1. The molecule has 25 heavy (non-hydrogen) atoms. The van der Waals surface area contributed by atoms with Crippen LogP contribution in [0.15, 0.2) is 29.2 Å². The Kier molecular flexibility index (Phi) is 6.47. The van der Waals surface area contributed by atoms with Gasteiger partial charge < -0.3 is 5.32 Å². The van der Waals surface area contributed by atoms with E-state index in [1.165, 1.54) is 12.1 Å². The molecular formula is C16H27N3O4S2. The molecule has 0 amide bonds. The minimum Gasteiger partial charge on any atom is -0.385 e. The van der Waals surface area contributed by atoms with Crippen molar-refractivity contribution in [3.63, 3.8) is 0 Å². The highest BCUT2D eigenvalue weighted by Gasteiger charge is 2.26. The zero-order valence-corrected chi connectivity index (χ0v) is 16.2. The van der Waals surface area contributed by atoms with Crippen LogP contribution in [0.2, 0.25) is 0 Å². The zero-order valence-electron chi connectivity index (χ0n) is 14.6. The monoisotopic (exact) mass is 389 g/mol. The number of nitrogens with two attached hydrogens (primary N) is 1. The Labute approximate surface area is 150 Å². The zero-order chi connectivity index (χ0) is 18.7. The lowest BCUT2D eigenvalue weighted by atomic mass is 9.86. The first kappa shape index (κ1) is 20.2. The smallest absolute Gasteiger partial charge is 0.238 e. The lowest BCUT2D eigenvalue weighted by Gasteiger charge is -2.29. The Hall–Kier alpha value is -1.16. The number of rotatable bonds is 7. The van der Waals surface area contributed by atoms with Gasteiger partial charge in [0.2, 0.25) is 20.0 Å². The molecule has 0 aliphatic heterocycles. The molecule has 1 aromatic carbocycles. The second-order valence-corrected chi connectivity index (χ2v) is 10.7. The van der Waals surface area contributed by atoms with Crippen LogP contribution < -0.4 is 15.2 Å². The normalized spacial score (nSPS) is 22.1. The molecular weight excluding hydrogens is 362 g/mol. The quantitative estimate of drug-likeness (QED) is 0.655. The molecule has 0 heterocycles. The molecule has 4 N–H and O–H groups in total. The van der Waals surface area contributed by atoms with E-state index in [1.807, 2.05) is 0 Å². The van der Waals surface area contributed by atoms with Gasteiger partial charge in [-0.3, -0.25) is 0 Å². The molecule has 0 spiro atoms. The number of sulfonamides is 2. The molecule has 0 bridgehead atoms. The summed E-state index contributed by atoms with van der Waals surface area (Å²) in [5.74, 6) is 0.470. The first-order valence-electron chi connectivity index (χ1n) is 8.46. The van der Waals surface area contributed by atoms with Gasteiger partial charge in [0.25, 0.3) is 0 Å². The predicted molar refractivity (Wildman–Crippen MR) is 99.2 cm³/mol. The van der Waals surface area contributed by atoms with E-state index in [0.717, 1.165) is 37.9 Å². The molecule has 0 saturated heterocycles. The lowest BCUT2D eigenvalue weighted by molar-refractivity contribution is 0.323. The summed E-state index contributed by atoms with van der Waals surface area (Å²) in [7, 11) is -6.88. The van der Waals surface area contributed by atoms with E-state index in [2.05, 4.69) is 10.0 Å². The van der Waals surface area contributed by atoms with Crippen LogP contribution >= 0.6 is 0 Å². The molecule has 1 aliphatic carbocycles. The average molecular weight is 390 g/mol. The van der Waals surface area contributed by atoms with Gasteiger partial charge in [-0.2, -0.15) is 0 Å². The van der Waals surface area contributed by atoms with Gasteiger partial charge in [-0.25, -0.2) is 26.7 Å². The van der Waals surface area contributed by atoms with Gasteiger partial charge in [0, 0.05) is 18.3 Å². The third-order valence-corrected chi connectivity index (χ3v) is 7.41. The maximum atomic E-state index is 11.9. The summed E-state index contributed by atoms with van der Waals surface area (Å²) in [6.45, 7) is 4.14. The van der Waals surface area contributed by atoms with Crippen LogP contribution in [0.25, 0.3) is 0 Å². The molecule has 7 nitrogen and oxygen atoms in total. The molecule has 9 heteroatoms. The maximum absolute atomic E-state index is 11.9. The van der Waals surface area contributed by atoms with Crippen molar-refractivity contribution in [3.05, 3.63) is 24.3 Å². The van der Waals surface area contributed by atoms with Crippen molar-refractivity contribution < 1.29 is 16.8 Å². The summed E-state index contributed by atoms with van der Waals surface area (Å²) in [6, 6.07) is 6.38. The van der Waals surface area contributed by atoms with Crippen LogP contribution in [0.5, 0.6) is 0 Å². The van der Waals surface area contributed by atoms with E-state index in [1.54, 1.807) is 26.0 Å². The molecule has 1 aliphatic rings. The second-order valence-electron chi connectivity index (χ2n) is 6.88. The first-order valence-corrected chi connectivity index (χ1v) is 11.5. The van der Waals surface area contributed by atoms with Crippen molar-refractivity contribution in [1.82, 2.24) is 4.72 Å². The molecule has 142 valence electrons. The number of hydrogen-bond acceptors (Lipinski definition) is 5. The van der Waals surface area contributed by atoms with Crippen molar-refractivity contribution in [2.75, 3.05) is 11.9 Å². The van der Waals surface area contributed by atoms with Crippen molar-refractivity contribution >= 4 is 25.7 Å². The standard InChI is InChI=1S/C16H27N3O4S2/c1-12(2)25(22,23)19-15-5-3-13(4-6-15)11-18-14-7-9-16(10-8-14)24(17,20)21/h7-10,12-13,15,18-19H,3-6,11H2,1-2H3,(H2,17,20,21)/t13-,15-. The first-order chi connectivity index (χ1) is 11.6. The molecule has 2 rings (SSSR count). The van der Waals surface area contributed by atoms with Gasteiger partial charge >= 0.3 is 0 Å². The number of nitrogens with one attached hydrogen (secondary N) is 2. The third kappa shape index (κ3) is 5.95. The predicted octanol–water partition coefficient (Wildman–Crippen LogP) is 1.63. The van der Waals surface area contributed by atoms with Crippen molar-refractivity contribution in [1.29, 1.82) is 0 Å². The van der Waals surface area contributed by atoms with Crippen LogP contribution in [0, 0.1) is 5.92 Å². The van der Waals surface area contributed by atoms with Crippen LogP contribution in [-0.2, 0) is 20.0 Å². The fourth-order valence-corrected chi connectivity index (χ4v) is 4.37. The fraction of sp³-hybridized carbons (Fsp3) is 0.625. The maximum Gasteiger partial charge on any atom is 0.238 e. The van der Waals surface area contributed by atoms with Gasteiger partial charge in [-0.1, -0.05) is 0 Å². The van der Waals surface area contributed by atoms with E-state index in [9.17, 15) is 16.8 Å². The van der Waals surface area contributed by atoms with Gasteiger partial charge in [0.1, 0.15) is 0 Å². The molecule has 1 fully saturated rings. The van der Waals surface area contributed by atoms with Crippen LogP contribution in [-0.4, -0.2) is 34.7 Å². The topological polar surface area (TPSA) is 118 Å². The van der Waals surface area contributed by atoms with Crippen molar-refractivity contribution in [3.8, 4) is 0 Å². The summed E-state index contributed by atoms with van der Waals surface area (Å²) in [5, 5.41) is 7.97. The van der Waals surface area contributed by atoms with E-state index in [4.69, 9.17) is 5.14 Å². The van der Waals surface area contributed by atoms with Gasteiger partial charge in [0.05, 0.1) is 10.1 Å². The van der Waals surface area contributed by atoms with Crippen molar-refractivity contribution in [2.45, 2.75) is 55.7 Å². The third-order valence-electron chi connectivity index (χ3n) is 4.58. The number of anilines is 1. The Morgan fingerprint density at radius 2 is 1.60 bits per heavy atom. The summed E-state index contributed by atoms with van der Waals surface area (Å²) in [4.78, 5) is 0.0935. The van der Waals surface area contributed by atoms with E-state index < -0.39 is 25.3 Å². The number of hydrogen-bond donors (Lipinski definition) is 3. The van der Waals surface area contributed by atoms with Crippen molar-refractivity contribution in [2.24, 2.45) is 11.1 Å². The highest BCUT2D eigenvalue weighted by Crippen LogP contribution is 2.25. The Morgan fingerprint density at radius 1 is 1.04 bits per heavy atom. The molecule has 0 unspecified atom stereocenters. The molecule has 1 aromatic rings. The van der Waals surface area contributed by atoms with Crippen LogP contribution in [0.3, 0.4) is 0 Å². The highest BCUT2D eigenvalue weighted by atomic mass is 32.2. The average Bonchev–Trinajstić information content (AvgIpc) is 2.53. The van der Waals surface area contributed by atoms with E-state index in [-0.39, 0.29) is 10.9 Å². The molecule has 1 saturated carbocycles. The molecule has 0 radical (unpaired) electrons. The van der Waals surface area contributed by atoms with Gasteiger partial charge in [0.15, 0.2) is 0 Å². The Balaban J connectivity index is 1.79. The summed E-state index contributed by atoms with van der Waals surface area (Å²) in [6.07, 6.45) is 3.58. The Bertz CT molecular complexity index is 766. The largest absolute Gasteiger partial charge is 0.385 e. The fourth-order valence-electron chi connectivity index (χ4n) is 2.88. The Morgan fingerprint density at radius 3 is 2.08 bits per heavy atom. The summed E-state index contributed by atoms with van der Waals surface area (Å²) in [5.41, 5.74) is 0.843. The molecule has 0 atom stereocenters. The summed E-state index contributed by atoms with van der Waals surface area (Å²) < 4.78 is 49.1. The lowest BCUT2D eigenvalue weighted by Crippen LogP contribution is -2.41. The minimum absolute atomic E-state index is 0.0256. The van der Waals surface area contributed by atoms with Gasteiger partial charge in [-0.05, 0) is 69.7 Å². The molecule has 0 aromatic heterocycles. The van der Waals surface area contributed by atoms with Crippen LogP contribution in [0.4, 0.5) is 5.69 Å². The second kappa shape index (κ2) is 8.03. The highest BCUT2D eigenvalue weighted by molar-refractivity contribution is 7.90. The number of primary sulfonamides is 1. The van der Waals surface area contributed by atoms with E-state index in [0.29, 0.717) is 5.92 Å². The van der Waals surface area contributed by atoms with Crippen LogP contribution in [0.1, 0.15) is 39.5 Å². The summed E-state index contributed by atoms with van der Waals surface area (Å²) >= 11 is 0.